The van der Waals surface area contributed by atoms with Gasteiger partial charge in [-0.1, -0.05) is 51.5 Å². The second-order valence-electron chi connectivity index (χ2n) is 3.61. The van der Waals surface area contributed by atoms with Crippen LogP contribution in [0, 0.1) is 0 Å². The molecule has 1 aromatic heterocycles. The molecule has 0 fully saturated rings. The third-order valence-corrected chi connectivity index (χ3v) is 2.59. The van der Waals surface area contributed by atoms with Crippen molar-refractivity contribution in [3.05, 3.63) is 42.6 Å². The molecule has 3 nitrogen and oxygen atoms in total. The fraction of sp³-hybridized carbons (Fsp3) is 0.167. The van der Waals surface area contributed by atoms with E-state index in [1.807, 2.05) is 30.3 Å². The van der Waals surface area contributed by atoms with Crippen molar-refractivity contribution < 1.29 is 26.5 Å². The molecular formula is C12H9Cl4NO2. The maximum Gasteiger partial charge on any atom is 0.602 e. The van der Waals surface area contributed by atoms with Crippen molar-refractivity contribution >= 4 is 51.8 Å². The van der Waals surface area contributed by atoms with Crippen LogP contribution >= 0.6 is 34.8 Å². The number of aromatic nitrogens is 1. The van der Waals surface area contributed by atoms with E-state index in [-0.39, 0.29) is 19.0 Å². The number of benzene rings is 1. The van der Waals surface area contributed by atoms with Crippen LogP contribution in [0.5, 0.6) is 0 Å². The number of carbonyl (C=O) groups is 1. The lowest BCUT2D eigenvalue weighted by atomic mass is 10.2. The number of fused-ring (bicyclic) bond motifs is 1. The summed E-state index contributed by atoms with van der Waals surface area (Å²) in [5.41, 5.74) is 0.731. The van der Waals surface area contributed by atoms with E-state index in [9.17, 15) is 4.79 Å². The van der Waals surface area contributed by atoms with Gasteiger partial charge in [0.1, 0.15) is 6.61 Å². The molecule has 102 valence electrons. The highest BCUT2D eigenvalue weighted by atomic mass is 35.6. The summed E-state index contributed by atoms with van der Waals surface area (Å²) in [7, 11) is 0. The average Bonchev–Trinajstić information content (AvgIpc) is 2.34. The summed E-state index contributed by atoms with van der Waals surface area (Å²) < 4.78 is 4.69. The minimum Gasteiger partial charge on any atom is -1.00 e. The summed E-state index contributed by atoms with van der Waals surface area (Å²) in [5, 5.41) is 0.922. The van der Waals surface area contributed by atoms with Crippen LogP contribution < -0.4 is 17.0 Å². The minimum absolute atomic E-state index is 0. The van der Waals surface area contributed by atoms with Crippen LogP contribution in [0.3, 0.4) is 0 Å². The highest BCUT2D eigenvalue weighted by Crippen LogP contribution is 2.25. The van der Waals surface area contributed by atoms with Crippen LogP contribution in [-0.2, 0) is 4.74 Å². The normalized spacial score (nSPS) is 10.9. The molecule has 0 saturated heterocycles. The number of hydrogen-bond acceptors (Lipinski definition) is 2. The Labute approximate surface area is 131 Å². The highest BCUT2D eigenvalue weighted by molar-refractivity contribution is 6.67. The Hall–Kier alpha value is -0.740. The first kappa shape index (κ1) is 16.3. The first-order valence-electron chi connectivity index (χ1n) is 5.11. The third-order valence-electron chi connectivity index (χ3n) is 2.26. The van der Waals surface area contributed by atoms with Gasteiger partial charge >= 0.3 is 6.09 Å². The molecule has 0 aliphatic carbocycles. The molecule has 7 heteroatoms. The van der Waals surface area contributed by atoms with Gasteiger partial charge < -0.3 is 17.1 Å². The Morgan fingerprint density at radius 3 is 2.47 bits per heavy atom. The fourth-order valence-corrected chi connectivity index (χ4v) is 1.70. The Bertz CT molecular complexity index is 578. The van der Waals surface area contributed by atoms with Gasteiger partial charge in [-0.15, -0.1) is 0 Å². The van der Waals surface area contributed by atoms with E-state index in [0.717, 1.165) is 10.9 Å². The minimum atomic E-state index is -1.61. The lowest BCUT2D eigenvalue weighted by molar-refractivity contribution is -0.558. The lowest BCUT2D eigenvalue weighted by Gasteiger charge is -2.08. The van der Waals surface area contributed by atoms with Gasteiger partial charge in [-0.05, 0) is 12.1 Å². The van der Waals surface area contributed by atoms with Crippen molar-refractivity contribution in [2.75, 3.05) is 6.61 Å². The molecule has 19 heavy (non-hydrogen) atoms. The van der Waals surface area contributed by atoms with Crippen molar-refractivity contribution in [1.82, 2.24) is 0 Å². The molecule has 0 aliphatic rings. The van der Waals surface area contributed by atoms with Gasteiger partial charge in [0.05, 0.1) is 0 Å². The number of hydrogen-bond donors (Lipinski definition) is 0. The van der Waals surface area contributed by atoms with E-state index >= 15 is 0 Å². The van der Waals surface area contributed by atoms with E-state index in [2.05, 4.69) is 0 Å². The van der Waals surface area contributed by atoms with Crippen molar-refractivity contribution in [2.24, 2.45) is 0 Å². The van der Waals surface area contributed by atoms with Crippen molar-refractivity contribution in [2.45, 2.75) is 3.79 Å². The lowest BCUT2D eigenvalue weighted by Crippen LogP contribution is -3.00. The SMILES string of the molecule is O=C(OCC(Cl)(Cl)Cl)[n+]1cccc2ccccc21.[Cl-]. The molecule has 1 aromatic carbocycles. The van der Waals surface area contributed by atoms with Crippen LogP contribution in [0.25, 0.3) is 10.9 Å². The number of pyridine rings is 1. The van der Waals surface area contributed by atoms with Crippen molar-refractivity contribution in [1.29, 1.82) is 0 Å². The smallest absolute Gasteiger partial charge is 0.602 e. The van der Waals surface area contributed by atoms with Gasteiger partial charge in [0.15, 0.2) is 6.20 Å². The highest BCUT2D eigenvalue weighted by Gasteiger charge is 2.27. The number of alkyl halides is 3. The van der Waals surface area contributed by atoms with E-state index in [0.29, 0.717) is 0 Å². The zero-order valence-electron chi connectivity index (χ0n) is 9.52. The van der Waals surface area contributed by atoms with E-state index in [1.54, 1.807) is 12.3 Å². The molecular weight excluding hydrogens is 332 g/mol. The Kier molecular flexibility index (Phi) is 5.68. The predicted octanol–water partition coefficient (Wildman–Crippen LogP) is 0.486. The molecule has 0 N–H and O–H groups in total. The summed E-state index contributed by atoms with van der Waals surface area (Å²) in [6.07, 6.45) is 1.02. The molecule has 0 amide bonds. The van der Waals surface area contributed by atoms with Crippen LogP contribution in [0.2, 0.25) is 0 Å². The molecule has 2 rings (SSSR count). The molecule has 0 saturated carbocycles. The summed E-state index contributed by atoms with van der Waals surface area (Å²) in [6.45, 7) is -0.299. The number of carbonyl (C=O) groups excluding carboxylic acids is 1. The number of nitrogens with zero attached hydrogens (tertiary/aromatic N) is 1. The quantitative estimate of drug-likeness (QED) is 0.558. The van der Waals surface area contributed by atoms with Crippen LogP contribution in [0.1, 0.15) is 0 Å². The average molecular weight is 341 g/mol. The van der Waals surface area contributed by atoms with Gasteiger partial charge in [-0.2, -0.15) is 4.79 Å². The standard InChI is InChI=1S/C12H9Cl3NO2.ClH/c13-12(14,15)8-18-11(17)16-7-3-5-9-4-1-2-6-10(9)16;/h1-7H,8H2;1H/q+1;/p-1. The second kappa shape index (κ2) is 6.62. The molecule has 0 unspecified atom stereocenters. The van der Waals surface area contributed by atoms with Crippen LogP contribution in [0.4, 0.5) is 4.79 Å². The largest absolute Gasteiger partial charge is 1.00 e. The molecule has 0 bridgehead atoms. The molecule has 0 atom stereocenters. The Balaban J connectivity index is 0.00000180. The van der Waals surface area contributed by atoms with Gasteiger partial charge in [-0.3, -0.25) is 0 Å². The predicted molar refractivity (Wildman–Crippen MR) is 71.2 cm³/mol. The molecule has 0 spiro atoms. The first-order chi connectivity index (χ1) is 8.47. The van der Waals surface area contributed by atoms with Crippen LogP contribution in [0.15, 0.2) is 42.6 Å². The molecule has 0 radical (unpaired) electrons. The Morgan fingerprint density at radius 2 is 1.79 bits per heavy atom. The number of halogens is 4. The summed E-state index contributed by atoms with van der Waals surface area (Å²) in [5.74, 6) is 0. The van der Waals surface area contributed by atoms with Gasteiger partial charge in [0.2, 0.25) is 9.31 Å². The van der Waals surface area contributed by atoms with Crippen molar-refractivity contribution in [3.8, 4) is 0 Å². The number of rotatable bonds is 1. The fourth-order valence-electron chi connectivity index (χ4n) is 1.53. The second-order valence-corrected chi connectivity index (χ2v) is 6.12. The van der Waals surface area contributed by atoms with Gasteiger partial charge in [0.25, 0.3) is 0 Å². The van der Waals surface area contributed by atoms with E-state index in [1.165, 1.54) is 4.57 Å². The number of para-hydroxylation sites is 1. The molecule has 1 heterocycles. The zero-order valence-corrected chi connectivity index (χ0v) is 12.5. The molecule has 2 aromatic rings. The third kappa shape index (κ3) is 4.39. The summed E-state index contributed by atoms with van der Waals surface area (Å²) in [4.78, 5) is 11.9. The van der Waals surface area contributed by atoms with E-state index in [4.69, 9.17) is 39.5 Å². The topological polar surface area (TPSA) is 30.2 Å². The zero-order chi connectivity index (χ0) is 13.2. The van der Waals surface area contributed by atoms with Crippen LogP contribution in [-0.4, -0.2) is 16.5 Å². The van der Waals surface area contributed by atoms with Crippen molar-refractivity contribution in [3.63, 3.8) is 0 Å². The maximum atomic E-state index is 11.9. The van der Waals surface area contributed by atoms with Gasteiger partial charge in [0, 0.05) is 17.5 Å². The van der Waals surface area contributed by atoms with E-state index < -0.39 is 9.89 Å². The van der Waals surface area contributed by atoms with Gasteiger partial charge in [-0.25, -0.2) is 0 Å². The Morgan fingerprint density at radius 1 is 1.16 bits per heavy atom. The first-order valence-corrected chi connectivity index (χ1v) is 6.24. The summed E-state index contributed by atoms with van der Waals surface area (Å²) >= 11 is 16.6. The number of ether oxygens (including phenoxy) is 1. The monoisotopic (exact) mass is 339 g/mol. The summed E-state index contributed by atoms with van der Waals surface area (Å²) in [6, 6.07) is 11.1. The maximum absolute atomic E-state index is 11.9. The molecule has 0 aliphatic heterocycles.